The zero-order valence-electron chi connectivity index (χ0n) is 16.0. The van der Waals surface area contributed by atoms with Crippen LogP contribution in [0.2, 0.25) is 0 Å². The Kier molecular flexibility index (Phi) is 4.02. The fraction of sp³-hybridized carbons (Fsp3) is 0.250. The van der Waals surface area contributed by atoms with Gasteiger partial charge in [-0.3, -0.25) is 0 Å². The van der Waals surface area contributed by atoms with Crippen LogP contribution in [0, 0.1) is 0 Å². The molecule has 0 atom stereocenters. The van der Waals surface area contributed by atoms with Crippen LogP contribution in [0.4, 0.5) is 0 Å². The van der Waals surface area contributed by atoms with E-state index in [1.54, 1.807) is 0 Å². The normalized spacial score (nSPS) is 15.5. The van der Waals surface area contributed by atoms with Crippen molar-refractivity contribution in [1.82, 2.24) is 9.97 Å². The number of nitrogens with two attached hydrogens (primary N) is 1. The maximum Gasteiger partial charge on any atom is 0.230 e. The zero-order chi connectivity index (χ0) is 19.1. The average molecular weight is 369 g/mol. The van der Waals surface area contributed by atoms with E-state index in [0.29, 0.717) is 5.71 Å². The van der Waals surface area contributed by atoms with Gasteiger partial charge < -0.3 is 10.2 Å². The van der Waals surface area contributed by atoms with Crippen molar-refractivity contribution in [1.29, 1.82) is 0 Å². The molecule has 5 rings (SSSR count). The first-order valence-corrected chi connectivity index (χ1v) is 9.91. The molecule has 0 bridgehead atoms. The maximum absolute atomic E-state index is 6.49. The molecule has 0 spiro atoms. The van der Waals surface area contributed by atoms with Gasteiger partial charge in [0.1, 0.15) is 11.6 Å². The molecule has 2 N–H and O–H groups in total. The van der Waals surface area contributed by atoms with E-state index in [2.05, 4.69) is 46.4 Å². The van der Waals surface area contributed by atoms with E-state index in [9.17, 15) is 0 Å². The lowest BCUT2D eigenvalue weighted by atomic mass is 9.72. The molecule has 1 saturated carbocycles. The van der Waals surface area contributed by atoms with Gasteiger partial charge in [0.25, 0.3) is 0 Å². The molecule has 0 radical (unpaired) electrons. The van der Waals surface area contributed by atoms with Gasteiger partial charge in [-0.1, -0.05) is 61.5 Å². The molecule has 1 aliphatic rings. The minimum Gasteiger partial charge on any atom is -0.437 e. The first-order chi connectivity index (χ1) is 13.7. The van der Waals surface area contributed by atoms with Gasteiger partial charge in [0.05, 0.1) is 5.39 Å². The Morgan fingerprint density at radius 2 is 1.75 bits per heavy atom. The van der Waals surface area contributed by atoms with Gasteiger partial charge >= 0.3 is 0 Å². The van der Waals surface area contributed by atoms with Crippen molar-refractivity contribution in [2.75, 3.05) is 0 Å². The predicted octanol–water partition coefficient (Wildman–Crippen LogP) is 5.46. The average Bonchev–Trinajstić information content (AvgIpc) is 3.11. The number of aromatic nitrogens is 2. The Bertz CT molecular complexity index is 1130. The fourth-order valence-electron chi connectivity index (χ4n) is 3.98. The van der Waals surface area contributed by atoms with E-state index in [0.717, 1.165) is 52.9 Å². The number of hydrogen-bond donors (Lipinski definition) is 1. The molecule has 0 unspecified atom stereocenters. The summed E-state index contributed by atoms with van der Waals surface area (Å²) >= 11 is 0. The van der Waals surface area contributed by atoms with Crippen LogP contribution in [0.25, 0.3) is 33.6 Å². The summed E-state index contributed by atoms with van der Waals surface area (Å²) in [6.07, 6.45) is 5.98. The number of nitrogens with zero attached hydrogens (tertiary/aromatic N) is 2. The van der Waals surface area contributed by atoms with Crippen LogP contribution in [0.15, 0.2) is 65.2 Å². The second kappa shape index (κ2) is 6.57. The first kappa shape index (κ1) is 17.1. The van der Waals surface area contributed by atoms with E-state index in [1.807, 2.05) is 31.3 Å². The Hall–Kier alpha value is -2.98. The molecule has 2 aromatic carbocycles. The third-order valence-electron chi connectivity index (χ3n) is 5.85. The smallest absolute Gasteiger partial charge is 0.230 e. The molecule has 1 fully saturated rings. The van der Waals surface area contributed by atoms with Gasteiger partial charge in [-0.25, -0.2) is 4.98 Å². The molecule has 2 heterocycles. The monoisotopic (exact) mass is 369 g/mol. The van der Waals surface area contributed by atoms with Crippen LogP contribution >= 0.6 is 0 Å². The summed E-state index contributed by atoms with van der Waals surface area (Å²) in [4.78, 5) is 9.10. The number of rotatable bonds is 4. The van der Waals surface area contributed by atoms with Crippen molar-refractivity contribution in [2.24, 2.45) is 5.73 Å². The zero-order valence-corrected chi connectivity index (χ0v) is 16.0. The Labute approximate surface area is 164 Å². The second-order valence-electron chi connectivity index (χ2n) is 7.62. The summed E-state index contributed by atoms with van der Waals surface area (Å²) in [5.41, 5.74) is 11.3. The molecular formula is C24H23N3O. The number of benzene rings is 2. The molecule has 2 aromatic heterocycles. The summed E-state index contributed by atoms with van der Waals surface area (Å²) in [5.74, 6) is 1.62. The Balaban J connectivity index is 1.67. The lowest BCUT2D eigenvalue weighted by molar-refractivity contribution is 0.253. The van der Waals surface area contributed by atoms with Gasteiger partial charge in [0.2, 0.25) is 5.71 Å². The Morgan fingerprint density at radius 3 is 2.39 bits per heavy atom. The summed E-state index contributed by atoms with van der Waals surface area (Å²) < 4.78 is 6.27. The van der Waals surface area contributed by atoms with E-state index in [4.69, 9.17) is 10.2 Å². The van der Waals surface area contributed by atoms with Crippen LogP contribution in [0.5, 0.6) is 0 Å². The van der Waals surface area contributed by atoms with Gasteiger partial charge in [-0.2, -0.15) is 4.98 Å². The standard InChI is InChI=1S/C24H23N3O/c1-2-20-26-15-19-21(16-7-4-3-5-8-16)22(28-23(19)27-20)17-9-11-18(12-10-17)24(25)13-6-14-24/h3-5,7-12,15H,2,6,13-14,25H2,1H3. The highest BCUT2D eigenvalue weighted by atomic mass is 16.3. The summed E-state index contributed by atoms with van der Waals surface area (Å²) in [6.45, 7) is 2.05. The third-order valence-corrected chi connectivity index (χ3v) is 5.85. The second-order valence-corrected chi connectivity index (χ2v) is 7.62. The largest absolute Gasteiger partial charge is 0.437 e. The molecule has 28 heavy (non-hydrogen) atoms. The topological polar surface area (TPSA) is 64.9 Å². The fourth-order valence-corrected chi connectivity index (χ4v) is 3.98. The number of furan rings is 1. The van der Waals surface area contributed by atoms with E-state index < -0.39 is 0 Å². The summed E-state index contributed by atoms with van der Waals surface area (Å²) in [5, 5.41) is 0.941. The predicted molar refractivity (Wildman–Crippen MR) is 112 cm³/mol. The van der Waals surface area contributed by atoms with Gasteiger partial charge in [-0.05, 0) is 30.4 Å². The first-order valence-electron chi connectivity index (χ1n) is 9.91. The quantitative estimate of drug-likeness (QED) is 0.519. The maximum atomic E-state index is 6.49. The van der Waals surface area contributed by atoms with E-state index in [1.165, 1.54) is 12.0 Å². The molecule has 0 amide bonds. The summed E-state index contributed by atoms with van der Waals surface area (Å²) in [7, 11) is 0. The van der Waals surface area contributed by atoms with Crippen LogP contribution < -0.4 is 5.73 Å². The third kappa shape index (κ3) is 2.72. The van der Waals surface area contributed by atoms with Crippen molar-refractivity contribution in [3.05, 3.63) is 72.2 Å². The van der Waals surface area contributed by atoms with Crippen molar-refractivity contribution < 1.29 is 4.42 Å². The minimum absolute atomic E-state index is 0.157. The molecule has 4 nitrogen and oxygen atoms in total. The number of hydrogen-bond acceptors (Lipinski definition) is 4. The van der Waals surface area contributed by atoms with Crippen molar-refractivity contribution >= 4 is 11.1 Å². The van der Waals surface area contributed by atoms with Crippen molar-refractivity contribution in [2.45, 2.75) is 38.1 Å². The molecule has 4 aromatic rings. The highest BCUT2D eigenvalue weighted by molar-refractivity contribution is 6.00. The SMILES string of the molecule is CCc1ncc2c(-c3ccccc3)c(-c3ccc(C4(N)CCC4)cc3)oc2n1. The molecular weight excluding hydrogens is 346 g/mol. The highest BCUT2D eigenvalue weighted by Gasteiger charge is 2.34. The van der Waals surface area contributed by atoms with Gasteiger partial charge in [0, 0.05) is 29.3 Å². The van der Waals surface area contributed by atoms with Crippen molar-refractivity contribution in [3.8, 4) is 22.5 Å². The van der Waals surface area contributed by atoms with Crippen LogP contribution in [-0.4, -0.2) is 9.97 Å². The molecule has 140 valence electrons. The van der Waals surface area contributed by atoms with Crippen LogP contribution in [0.3, 0.4) is 0 Å². The van der Waals surface area contributed by atoms with E-state index in [-0.39, 0.29) is 5.54 Å². The number of aryl methyl sites for hydroxylation is 1. The molecule has 0 aliphatic heterocycles. The minimum atomic E-state index is -0.157. The van der Waals surface area contributed by atoms with Crippen molar-refractivity contribution in [3.63, 3.8) is 0 Å². The summed E-state index contributed by atoms with van der Waals surface area (Å²) in [6, 6.07) is 18.8. The Morgan fingerprint density at radius 1 is 1.00 bits per heavy atom. The molecule has 4 heteroatoms. The van der Waals surface area contributed by atoms with E-state index >= 15 is 0 Å². The van der Waals surface area contributed by atoms with Crippen LogP contribution in [0.1, 0.15) is 37.6 Å². The van der Waals surface area contributed by atoms with Gasteiger partial charge in [-0.15, -0.1) is 0 Å². The number of fused-ring (bicyclic) bond motifs is 1. The van der Waals surface area contributed by atoms with Crippen LogP contribution in [-0.2, 0) is 12.0 Å². The van der Waals surface area contributed by atoms with Gasteiger partial charge in [0.15, 0.2) is 0 Å². The molecule has 0 saturated heterocycles. The lowest BCUT2D eigenvalue weighted by Crippen LogP contribution is -2.43. The molecule has 1 aliphatic carbocycles. The lowest BCUT2D eigenvalue weighted by Gasteiger charge is -2.38. The highest BCUT2D eigenvalue weighted by Crippen LogP contribution is 2.42.